The molecule has 4 nitrogen and oxygen atoms in total. The largest absolute Gasteiger partial charge is 0.352 e. The average molecular weight is 177 g/mol. The second kappa shape index (κ2) is 4.99. The van der Waals surface area contributed by atoms with E-state index in [0.717, 1.165) is 5.56 Å². The van der Waals surface area contributed by atoms with Crippen molar-refractivity contribution in [2.45, 2.75) is 19.4 Å². The second-order valence-electron chi connectivity index (χ2n) is 2.59. The van der Waals surface area contributed by atoms with Crippen LogP contribution in [0.5, 0.6) is 0 Å². The van der Waals surface area contributed by atoms with Crippen molar-refractivity contribution in [3.63, 3.8) is 0 Å². The molecule has 0 saturated carbocycles. The summed E-state index contributed by atoms with van der Waals surface area (Å²) in [5.41, 5.74) is 0.953. The van der Waals surface area contributed by atoms with Gasteiger partial charge in [0, 0.05) is 31.1 Å². The molecular weight excluding hydrogens is 166 g/mol. The molecule has 0 unspecified atom stereocenters. The number of amides is 1. The fraction of sp³-hybridized carbons (Fsp3) is 0.333. The molecule has 1 heterocycles. The van der Waals surface area contributed by atoms with Gasteiger partial charge in [0.2, 0.25) is 5.91 Å². The SMILES string of the molecule is C#CCCC(=O)NCc1cn[nH]c1. The van der Waals surface area contributed by atoms with Crippen molar-refractivity contribution in [3.8, 4) is 12.3 Å². The molecule has 0 spiro atoms. The summed E-state index contributed by atoms with van der Waals surface area (Å²) in [6, 6.07) is 0. The van der Waals surface area contributed by atoms with Crippen LogP contribution >= 0.6 is 0 Å². The van der Waals surface area contributed by atoms with Crippen molar-refractivity contribution in [3.05, 3.63) is 18.0 Å². The molecule has 0 aromatic carbocycles. The highest BCUT2D eigenvalue weighted by Crippen LogP contribution is 1.93. The molecule has 0 saturated heterocycles. The van der Waals surface area contributed by atoms with Gasteiger partial charge in [-0.15, -0.1) is 12.3 Å². The lowest BCUT2D eigenvalue weighted by Gasteiger charge is -2.00. The van der Waals surface area contributed by atoms with E-state index in [1.807, 2.05) is 0 Å². The Kier molecular flexibility index (Phi) is 3.58. The molecule has 0 aliphatic carbocycles. The van der Waals surface area contributed by atoms with E-state index in [9.17, 15) is 4.79 Å². The molecule has 0 aliphatic heterocycles. The van der Waals surface area contributed by atoms with Gasteiger partial charge in [0.25, 0.3) is 0 Å². The monoisotopic (exact) mass is 177 g/mol. The molecule has 0 bridgehead atoms. The number of nitrogens with zero attached hydrogens (tertiary/aromatic N) is 1. The quantitative estimate of drug-likeness (QED) is 0.655. The molecule has 68 valence electrons. The van der Waals surface area contributed by atoms with Crippen LogP contribution in [0.15, 0.2) is 12.4 Å². The van der Waals surface area contributed by atoms with Gasteiger partial charge in [-0.2, -0.15) is 5.10 Å². The van der Waals surface area contributed by atoms with Crippen LogP contribution in [0.25, 0.3) is 0 Å². The summed E-state index contributed by atoms with van der Waals surface area (Å²) in [5, 5.41) is 9.14. The minimum Gasteiger partial charge on any atom is -0.352 e. The number of hydrogen-bond donors (Lipinski definition) is 2. The number of H-pyrrole nitrogens is 1. The molecule has 0 fully saturated rings. The highest BCUT2D eigenvalue weighted by molar-refractivity contribution is 5.76. The number of nitrogens with one attached hydrogen (secondary N) is 2. The number of carbonyl (C=O) groups excluding carboxylic acids is 1. The van der Waals surface area contributed by atoms with E-state index in [2.05, 4.69) is 21.4 Å². The maximum Gasteiger partial charge on any atom is 0.221 e. The molecule has 4 heteroatoms. The first-order valence-electron chi connectivity index (χ1n) is 4.00. The molecule has 0 aliphatic rings. The van der Waals surface area contributed by atoms with Crippen LogP contribution < -0.4 is 5.32 Å². The lowest BCUT2D eigenvalue weighted by atomic mass is 10.3. The maximum atomic E-state index is 11.1. The van der Waals surface area contributed by atoms with E-state index < -0.39 is 0 Å². The molecule has 0 atom stereocenters. The minimum absolute atomic E-state index is 0.0286. The molecule has 1 rings (SSSR count). The molecule has 0 radical (unpaired) electrons. The molecular formula is C9H11N3O. The van der Waals surface area contributed by atoms with Crippen LogP contribution in [0, 0.1) is 12.3 Å². The molecule has 1 amide bonds. The Bertz CT molecular complexity index is 297. The Labute approximate surface area is 76.7 Å². The Morgan fingerprint density at radius 1 is 1.77 bits per heavy atom. The van der Waals surface area contributed by atoms with E-state index in [0.29, 0.717) is 19.4 Å². The lowest BCUT2D eigenvalue weighted by molar-refractivity contribution is -0.121. The van der Waals surface area contributed by atoms with E-state index >= 15 is 0 Å². The fourth-order valence-corrected chi connectivity index (χ4v) is 0.849. The van der Waals surface area contributed by atoms with Gasteiger partial charge in [-0.25, -0.2) is 0 Å². The van der Waals surface area contributed by atoms with Gasteiger partial charge in [-0.05, 0) is 0 Å². The minimum atomic E-state index is -0.0286. The second-order valence-corrected chi connectivity index (χ2v) is 2.59. The Morgan fingerprint density at radius 3 is 3.23 bits per heavy atom. The molecule has 13 heavy (non-hydrogen) atoms. The van der Waals surface area contributed by atoms with E-state index in [4.69, 9.17) is 6.42 Å². The van der Waals surface area contributed by atoms with Crippen LogP contribution in [-0.2, 0) is 11.3 Å². The standard InChI is InChI=1S/C9H11N3O/c1-2-3-4-9(13)10-5-8-6-11-12-7-8/h1,6-7H,3-5H2,(H,10,13)(H,11,12). The number of carbonyl (C=O) groups is 1. The maximum absolute atomic E-state index is 11.1. The Balaban J connectivity index is 2.20. The molecule has 1 aromatic heterocycles. The third kappa shape index (κ3) is 3.43. The zero-order valence-electron chi connectivity index (χ0n) is 7.21. The summed E-state index contributed by atoms with van der Waals surface area (Å²) in [7, 11) is 0. The number of rotatable bonds is 4. The van der Waals surface area contributed by atoms with Crippen molar-refractivity contribution in [2.24, 2.45) is 0 Å². The number of hydrogen-bond acceptors (Lipinski definition) is 2. The van der Waals surface area contributed by atoms with Gasteiger partial charge < -0.3 is 5.32 Å². The first kappa shape index (κ1) is 9.33. The lowest BCUT2D eigenvalue weighted by Crippen LogP contribution is -2.21. The van der Waals surface area contributed by atoms with Crippen LogP contribution in [0.4, 0.5) is 0 Å². The van der Waals surface area contributed by atoms with Gasteiger partial charge >= 0.3 is 0 Å². The zero-order valence-corrected chi connectivity index (χ0v) is 7.21. The summed E-state index contributed by atoms with van der Waals surface area (Å²) in [4.78, 5) is 11.1. The first-order valence-corrected chi connectivity index (χ1v) is 4.00. The van der Waals surface area contributed by atoms with E-state index in [-0.39, 0.29) is 5.91 Å². The van der Waals surface area contributed by atoms with Crippen molar-refractivity contribution in [2.75, 3.05) is 0 Å². The van der Waals surface area contributed by atoms with Gasteiger partial charge in [0.05, 0.1) is 6.20 Å². The van der Waals surface area contributed by atoms with E-state index in [1.165, 1.54) is 0 Å². The highest BCUT2D eigenvalue weighted by Gasteiger charge is 1.99. The number of aromatic nitrogens is 2. The van der Waals surface area contributed by atoms with Crippen molar-refractivity contribution in [1.29, 1.82) is 0 Å². The smallest absolute Gasteiger partial charge is 0.221 e. The molecule has 1 aromatic rings. The molecule has 2 N–H and O–H groups in total. The average Bonchev–Trinajstić information content (AvgIpc) is 2.64. The topological polar surface area (TPSA) is 57.8 Å². The van der Waals surface area contributed by atoms with E-state index in [1.54, 1.807) is 12.4 Å². The summed E-state index contributed by atoms with van der Waals surface area (Å²) in [6.45, 7) is 0.500. The third-order valence-corrected chi connectivity index (χ3v) is 1.54. The first-order chi connectivity index (χ1) is 6.33. The third-order valence-electron chi connectivity index (χ3n) is 1.54. The number of aromatic amines is 1. The van der Waals surface area contributed by atoms with Crippen LogP contribution in [0.3, 0.4) is 0 Å². The van der Waals surface area contributed by atoms with Crippen molar-refractivity contribution in [1.82, 2.24) is 15.5 Å². The Morgan fingerprint density at radius 2 is 2.62 bits per heavy atom. The van der Waals surface area contributed by atoms with Crippen molar-refractivity contribution >= 4 is 5.91 Å². The number of terminal acetylenes is 1. The van der Waals surface area contributed by atoms with Gasteiger partial charge in [0.1, 0.15) is 0 Å². The van der Waals surface area contributed by atoms with Gasteiger partial charge in [-0.1, -0.05) is 0 Å². The summed E-state index contributed by atoms with van der Waals surface area (Å²) >= 11 is 0. The van der Waals surface area contributed by atoms with Crippen LogP contribution in [0.2, 0.25) is 0 Å². The van der Waals surface area contributed by atoms with Crippen LogP contribution in [0.1, 0.15) is 18.4 Å². The fourth-order valence-electron chi connectivity index (χ4n) is 0.849. The van der Waals surface area contributed by atoms with Gasteiger partial charge in [0.15, 0.2) is 0 Å². The normalized spacial score (nSPS) is 9.15. The van der Waals surface area contributed by atoms with Crippen LogP contribution in [-0.4, -0.2) is 16.1 Å². The summed E-state index contributed by atoms with van der Waals surface area (Å²) in [6.07, 6.45) is 9.29. The zero-order chi connectivity index (χ0) is 9.52. The highest BCUT2D eigenvalue weighted by atomic mass is 16.1. The van der Waals surface area contributed by atoms with Gasteiger partial charge in [-0.3, -0.25) is 9.89 Å². The predicted octanol–water partition coefficient (Wildman–Crippen LogP) is 0.439. The summed E-state index contributed by atoms with van der Waals surface area (Å²) in [5.74, 6) is 2.38. The predicted molar refractivity (Wildman–Crippen MR) is 48.5 cm³/mol. The van der Waals surface area contributed by atoms with Crippen molar-refractivity contribution < 1.29 is 4.79 Å². The summed E-state index contributed by atoms with van der Waals surface area (Å²) < 4.78 is 0. The Hall–Kier alpha value is -1.76.